The number of hydrogen-bond acceptors (Lipinski definition) is 3. The Labute approximate surface area is 147 Å². The molecule has 1 aromatic carbocycles. The third-order valence-corrected chi connectivity index (χ3v) is 4.33. The molecule has 1 aliphatic carbocycles. The number of amides is 2. The van der Waals surface area contributed by atoms with Gasteiger partial charge in [0.15, 0.2) is 0 Å². The molecule has 5 heteroatoms. The van der Waals surface area contributed by atoms with Crippen LogP contribution in [0.2, 0.25) is 0 Å². The highest BCUT2D eigenvalue weighted by Gasteiger charge is 2.21. The molecular formula is C20H22N2O3. The summed E-state index contributed by atoms with van der Waals surface area (Å²) < 4.78 is 5.28. The second kappa shape index (κ2) is 7.83. The molecule has 1 aromatic heterocycles. The molecule has 0 radical (unpaired) electrons. The molecule has 1 fully saturated rings. The molecule has 2 aromatic rings. The molecule has 0 atom stereocenters. The van der Waals surface area contributed by atoms with Crippen molar-refractivity contribution in [3.63, 3.8) is 0 Å². The van der Waals surface area contributed by atoms with E-state index in [0.717, 1.165) is 31.2 Å². The van der Waals surface area contributed by atoms with Crippen molar-refractivity contribution >= 4 is 17.9 Å². The normalized spacial score (nSPS) is 15.2. The van der Waals surface area contributed by atoms with E-state index in [1.165, 1.54) is 6.26 Å². The minimum atomic E-state index is -0.320. The first-order valence-corrected chi connectivity index (χ1v) is 8.56. The summed E-state index contributed by atoms with van der Waals surface area (Å²) in [4.78, 5) is 25.1. The summed E-state index contributed by atoms with van der Waals surface area (Å²) in [6, 6.07) is 10.9. The number of nitrogens with one attached hydrogen (secondary N) is 2. The van der Waals surface area contributed by atoms with Crippen molar-refractivity contribution in [1.29, 1.82) is 0 Å². The fourth-order valence-corrected chi connectivity index (χ4v) is 2.91. The molecule has 2 N–H and O–H groups in total. The molecule has 0 unspecified atom stereocenters. The van der Waals surface area contributed by atoms with Gasteiger partial charge in [-0.05, 0) is 44.0 Å². The van der Waals surface area contributed by atoms with Gasteiger partial charge in [-0.25, -0.2) is 0 Å². The molecule has 2 amide bonds. The van der Waals surface area contributed by atoms with Crippen molar-refractivity contribution in [2.75, 3.05) is 0 Å². The summed E-state index contributed by atoms with van der Waals surface area (Å²) in [7, 11) is 0. The van der Waals surface area contributed by atoms with Crippen LogP contribution in [0.15, 0.2) is 52.8 Å². The van der Waals surface area contributed by atoms with E-state index in [-0.39, 0.29) is 23.6 Å². The Kier molecular flexibility index (Phi) is 5.33. The minimum absolute atomic E-state index is 0.170. The molecule has 130 valence electrons. The van der Waals surface area contributed by atoms with Gasteiger partial charge in [0.2, 0.25) is 0 Å². The summed E-state index contributed by atoms with van der Waals surface area (Å²) in [6.07, 6.45) is 7.28. The summed E-state index contributed by atoms with van der Waals surface area (Å²) >= 11 is 0. The van der Waals surface area contributed by atoms with Gasteiger partial charge in [-0.3, -0.25) is 9.59 Å². The van der Waals surface area contributed by atoms with Crippen LogP contribution in [0.4, 0.5) is 0 Å². The van der Waals surface area contributed by atoms with Gasteiger partial charge < -0.3 is 15.1 Å². The Morgan fingerprint density at radius 1 is 1.12 bits per heavy atom. The highest BCUT2D eigenvalue weighted by molar-refractivity contribution is 6.05. The van der Waals surface area contributed by atoms with Gasteiger partial charge >= 0.3 is 0 Å². The fourth-order valence-electron chi connectivity index (χ4n) is 2.91. The van der Waals surface area contributed by atoms with Crippen LogP contribution in [-0.2, 0) is 4.79 Å². The topological polar surface area (TPSA) is 71.3 Å². The van der Waals surface area contributed by atoms with Gasteiger partial charge in [0.25, 0.3) is 11.8 Å². The molecule has 0 aliphatic heterocycles. The number of aryl methyl sites for hydroxylation is 1. The highest BCUT2D eigenvalue weighted by atomic mass is 16.3. The van der Waals surface area contributed by atoms with E-state index in [4.69, 9.17) is 4.42 Å². The van der Waals surface area contributed by atoms with Crippen molar-refractivity contribution < 1.29 is 14.0 Å². The lowest BCUT2D eigenvalue weighted by Gasteiger charge is -2.15. The van der Waals surface area contributed by atoms with Crippen molar-refractivity contribution in [2.45, 2.75) is 38.6 Å². The van der Waals surface area contributed by atoms with Gasteiger partial charge in [0.1, 0.15) is 11.5 Å². The largest absolute Gasteiger partial charge is 0.465 e. The van der Waals surface area contributed by atoms with E-state index in [1.54, 1.807) is 30.3 Å². The smallest absolute Gasteiger partial charge is 0.268 e. The highest BCUT2D eigenvalue weighted by Crippen LogP contribution is 2.18. The Bertz CT molecular complexity index is 755. The zero-order chi connectivity index (χ0) is 17.6. The summed E-state index contributed by atoms with van der Waals surface area (Å²) in [5.41, 5.74) is 1.76. The van der Waals surface area contributed by atoms with Gasteiger partial charge in [-0.15, -0.1) is 0 Å². The fraction of sp³-hybridized carbons (Fsp3) is 0.300. The van der Waals surface area contributed by atoms with Crippen molar-refractivity contribution in [1.82, 2.24) is 10.6 Å². The van der Waals surface area contributed by atoms with Gasteiger partial charge in [-0.2, -0.15) is 0 Å². The molecule has 0 bridgehead atoms. The predicted octanol–water partition coefficient (Wildman–Crippen LogP) is 3.42. The van der Waals surface area contributed by atoms with E-state index in [0.29, 0.717) is 11.3 Å². The number of benzene rings is 1. The molecule has 0 saturated heterocycles. The molecule has 1 heterocycles. The van der Waals surface area contributed by atoms with Crippen LogP contribution >= 0.6 is 0 Å². The van der Waals surface area contributed by atoms with E-state index in [1.807, 2.05) is 19.1 Å². The lowest BCUT2D eigenvalue weighted by molar-refractivity contribution is -0.118. The SMILES string of the molecule is Cc1ccc(C(=O)N/C(=C\c2ccco2)C(=O)NC2CCCC2)cc1. The molecule has 1 aliphatic rings. The Balaban J connectivity index is 1.77. The molecular weight excluding hydrogens is 316 g/mol. The quantitative estimate of drug-likeness (QED) is 0.821. The first kappa shape index (κ1) is 17.0. The first-order valence-electron chi connectivity index (χ1n) is 8.56. The zero-order valence-electron chi connectivity index (χ0n) is 14.2. The predicted molar refractivity (Wildman–Crippen MR) is 95.7 cm³/mol. The second-order valence-electron chi connectivity index (χ2n) is 6.35. The van der Waals surface area contributed by atoms with Crippen LogP contribution in [0.3, 0.4) is 0 Å². The lowest BCUT2D eigenvalue weighted by Crippen LogP contribution is -2.39. The van der Waals surface area contributed by atoms with Crippen molar-refractivity contribution in [3.8, 4) is 0 Å². The van der Waals surface area contributed by atoms with E-state index < -0.39 is 0 Å². The van der Waals surface area contributed by atoms with Crippen LogP contribution in [0.25, 0.3) is 6.08 Å². The zero-order valence-corrected chi connectivity index (χ0v) is 14.2. The first-order chi connectivity index (χ1) is 12.1. The average molecular weight is 338 g/mol. The number of carbonyl (C=O) groups is 2. The van der Waals surface area contributed by atoms with E-state index in [9.17, 15) is 9.59 Å². The van der Waals surface area contributed by atoms with Crippen LogP contribution in [0.1, 0.15) is 47.4 Å². The van der Waals surface area contributed by atoms with Gasteiger partial charge in [0, 0.05) is 17.7 Å². The second-order valence-corrected chi connectivity index (χ2v) is 6.35. The molecule has 5 nitrogen and oxygen atoms in total. The van der Waals surface area contributed by atoms with Crippen molar-refractivity contribution in [3.05, 3.63) is 65.2 Å². The van der Waals surface area contributed by atoms with Crippen LogP contribution in [0, 0.1) is 6.92 Å². The van der Waals surface area contributed by atoms with Crippen LogP contribution in [-0.4, -0.2) is 17.9 Å². The third kappa shape index (κ3) is 4.59. The molecule has 1 saturated carbocycles. The van der Waals surface area contributed by atoms with Crippen LogP contribution in [0.5, 0.6) is 0 Å². The van der Waals surface area contributed by atoms with Gasteiger partial charge in [-0.1, -0.05) is 30.5 Å². The summed E-state index contributed by atoms with van der Waals surface area (Å²) in [5, 5.41) is 5.71. The maximum Gasteiger partial charge on any atom is 0.268 e. The average Bonchev–Trinajstić information content (AvgIpc) is 3.28. The number of furan rings is 1. The number of rotatable bonds is 5. The minimum Gasteiger partial charge on any atom is -0.465 e. The number of carbonyl (C=O) groups excluding carboxylic acids is 2. The third-order valence-electron chi connectivity index (χ3n) is 4.33. The maximum atomic E-state index is 12.6. The Morgan fingerprint density at radius 2 is 1.84 bits per heavy atom. The van der Waals surface area contributed by atoms with Gasteiger partial charge in [0.05, 0.1) is 6.26 Å². The maximum absolute atomic E-state index is 12.6. The molecule has 3 rings (SSSR count). The standard InChI is InChI=1S/C20H22N2O3/c1-14-8-10-15(11-9-14)19(23)22-18(13-17-7-4-12-25-17)20(24)21-16-5-2-3-6-16/h4,7-13,16H,2-3,5-6H2,1H3,(H,21,24)(H,22,23)/b18-13-. The lowest BCUT2D eigenvalue weighted by atomic mass is 10.1. The summed E-state index contributed by atoms with van der Waals surface area (Å²) in [5.74, 6) is -0.0936. The summed E-state index contributed by atoms with van der Waals surface area (Å²) in [6.45, 7) is 1.96. The van der Waals surface area contributed by atoms with E-state index in [2.05, 4.69) is 10.6 Å². The van der Waals surface area contributed by atoms with E-state index >= 15 is 0 Å². The number of hydrogen-bond donors (Lipinski definition) is 2. The van der Waals surface area contributed by atoms with Crippen LogP contribution < -0.4 is 10.6 Å². The molecule has 25 heavy (non-hydrogen) atoms. The van der Waals surface area contributed by atoms with Crippen molar-refractivity contribution in [2.24, 2.45) is 0 Å². The Hall–Kier alpha value is -2.82. The monoisotopic (exact) mass is 338 g/mol. The molecule has 0 spiro atoms. The Morgan fingerprint density at radius 3 is 2.48 bits per heavy atom.